The van der Waals surface area contributed by atoms with Crippen LogP contribution in [-0.4, -0.2) is 34.1 Å². The summed E-state index contributed by atoms with van der Waals surface area (Å²) in [4.78, 5) is 14.9. The molecule has 1 aliphatic heterocycles. The number of hydrogen-bond acceptors (Lipinski definition) is 3. The number of amides is 1. The van der Waals surface area contributed by atoms with Crippen molar-refractivity contribution in [1.29, 1.82) is 5.26 Å². The summed E-state index contributed by atoms with van der Waals surface area (Å²) in [5, 5.41) is 16.8. The van der Waals surface area contributed by atoms with Crippen molar-refractivity contribution in [2.45, 2.75) is 25.7 Å². The van der Waals surface area contributed by atoms with Gasteiger partial charge in [0.25, 0.3) is 5.91 Å². The Hall–Kier alpha value is -3.39. The van der Waals surface area contributed by atoms with Crippen molar-refractivity contribution in [2.24, 2.45) is 0 Å². The van der Waals surface area contributed by atoms with Gasteiger partial charge in [0, 0.05) is 30.3 Å². The van der Waals surface area contributed by atoms with Crippen LogP contribution in [0, 0.1) is 18.3 Å². The Morgan fingerprint density at radius 2 is 2.00 bits per heavy atom. The average Bonchev–Trinajstić information content (AvgIpc) is 3.24. The third kappa shape index (κ3) is 3.41. The van der Waals surface area contributed by atoms with Gasteiger partial charge >= 0.3 is 0 Å². The first-order valence-electron chi connectivity index (χ1n) is 9.56. The van der Waals surface area contributed by atoms with E-state index in [1.54, 1.807) is 24.3 Å². The SMILES string of the molecule is Cc1ccc(-c2cn[nH]c2[C@@H]2CCCN(C(=O)c3ccccc3C#N)C2)cc1. The van der Waals surface area contributed by atoms with E-state index in [4.69, 9.17) is 0 Å². The number of aryl methyl sites for hydroxylation is 1. The molecule has 1 amide bonds. The number of piperidine rings is 1. The van der Waals surface area contributed by atoms with Crippen LogP contribution in [0.1, 0.15) is 45.9 Å². The van der Waals surface area contributed by atoms with Crippen LogP contribution in [0.3, 0.4) is 0 Å². The van der Waals surface area contributed by atoms with Gasteiger partial charge in [-0.1, -0.05) is 42.0 Å². The Labute approximate surface area is 164 Å². The van der Waals surface area contributed by atoms with Gasteiger partial charge in [-0.15, -0.1) is 0 Å². The van der Waals surface area contributed by atoms with Gasteiger partial charge in [0.15, 0.2) is 0 Å². The second kappa shape index (κ2) is 7.69. The zero-order valence-corrected chi connectivity index (χ0v) is 15.9. The first-order valence-corrected chi connectivity index (χ1v) is 9.56. The summed E-state index contributed by atoms with van der Waals surface area (Å²) in [5.41, 5.74) is 5.43. The minimum atomic E-state index is -0.0711. The second-order valence-corrected chi connectivity index (χ2v) is 7.31. The van der Waals surface area contributed by atoms with E-state index in [2.05, 4.69) is 47.5 Å². The third-order valence-corrected chi connectivity index (χ3v) is 5.43. The largest absolute Gasteiger partial charge is 0.338 e. The van der Waals surface area contributed by atoms with Crippen LogP contribution >= 0.6 is 0 Å². The van der Waals surface area contributed by atoms with Gasteiger partial charge in [0.1, 0.15) is 0 Å². The predicted molar refractivity (Wildman–Crippen MR) is 108 cm³/mol. The molecule has 0 bridgehead atoms. The molecule has 1 N–H and O–H groups in total. The fourth-order valence-corrected chi connectivity index (χ4v) is 3.91. The first-order chi connectivity index (χ1) is 13.7. The number of rotatable bonds is 3. The molecule has 140 valence electrons. The summed E-state index contributed by atoms with van der Waals surface area (Å²) >= 11 is 0. The molecule has 1 fully saturated rings. The maximum absolute atomic E-state index is 13.0. The van der Waals surface area contributed by atoms with Gasteiger partial charge in [-0.25, -0.2) is 0 Å². The molecule has 1 saturated heterocycles. The molecule has 3 aromatic rings. The number of H-pyrrole nitrogens is 1. The van der Waals surface area contributed by atoms with Crippen LogP contribution < -0.4 is 0 Å². The number of carbonyl (C=O) groups excluding carboxylic acids is 1. The Balaban J connectivity index is 1.59. The Morgan fingerprint density at radius 3 is 2.79 bits per heavy atom. The first kappa shape index (κ1) is 18.0. The van der Waals surface area contributed by atoms with Crippen molar-refractivity contribution >= 4 is 5.91 Å². The maximum atomic E-state index is 13.0. The average molecular weight is 370 g/mol. The number of benzene rings is 2. The van der Waals surface area contributed by atoms with Crippen molar-refractivity contribution < 1.29 is 4.79 Å². The molecule has 1 aromatic heterocycles. The number of carbonyl (C=O) groups is 1. The number of likely N-dealkylation sites (tertiary alicyclic amines) is 1. The molecule has 1 aliphatic rings. The van der Waals surface area contributed by atoms with E-state index in [9.17, 15) is 10.1 Å². The van der Waals surface area contributed by atoms with E-state index in [-0.39, 0.29) is 11.8 Å². The topological polar surface area (TPSA) is 72.8 Å². The number of aromatic amines is 1. The second-order valence-electron chi connectivity index (χ2n) is 7.31. The summed E-state index contributed by atoms with van der Waals surface area (Å²) in [6.07, 6.45) is 3.80. The van der Waals surface area contributed by atoms with E-state index < -0.39 is 0 Å². The van der Waals surface area contributed by atoms with Crippen molar-refractivity contribution in [1.82, 2.24) is 15.1 Å². The molecule has 1 atom stereocenters. The molecule has 0 saturated carbocycles. The number of nitrogens with zero attached hydrogens (tertiary/aromatic N) is 3. The van der Waals surface area contributed by atoms with Gasteiger partial charge in [0.05, 0.1) is 23.4 Å². The van der Waals surface area contributed by atoms with E-state index >= 15 is 0 Å². The highest BCUT2D eigenvalue weighted by molar-refractivity contribution is 5.96. The molecule has 28 heavy (non-hydrogen) atoms. The van der Waals surface area contributed by atoms with Crippen molar-refractivity contribution in [2.75, 3.05) is 13.1 Å². The van der Waals surface area contributed by atoms with E-state index in [1.807, 2.05) is 11.1 Å². The fraction of sp³-hybridized carbons (Fsp3) is 0.261. The molecule has 5 nitrogen and oxygen atoms in total. The molecule has 2 heterocycles. The molecular weight excluding hydrogens is 348 g/mol. The van der Waals surface area contributed by atoms with Crippen molar-refractivity contribution in [3.05, 3.63) is 77.1 Å². The van der Waals surface area contributed by atoms with Crippen LogP contribution in [0.2, 0.25) is 0 Å². The van der Waals surface area contributed by atoms with Gasteiger partial charge in [-0.05, 0) is 37.5 Å². The fourth-order valence-electron chi connectivity index (χ4n) is 3.91. The lowest BCUT2D eigenvalue weighted by Gasteiger charge is -2.33. The molecule has 0 radical (unpaired) electrons. The molecule has 0 unspecified atom stereocenters. The van der Waals surface area contributed by atoms with Gasteiger partial charge in [-0.2, -0.15) is 10.4 Å². The van der Waals surface area contributed by atoms with Crippen molar-refractivity contribution in [3.8, 4) is 17.2 Å². The highest BCUT2D eigenvalue weighted by Crippen LogP contribution is 2.33. The molecular formula is C23H22N4O. The summed E-state index contributed by atoms with van der Waals surface area (Å²) in [7, 11) is 0. The molecule has 0 aliphatic carbocycles. The van der Waals surface area contributed by atoms with Crippen LogP contribution in [0.5, 0.6) is 0 Å². The summed E-state index contributed by atoms with van der Waals surface area (Å²) in [6, 6.07) is 17.6. The highest BCUT2D eigenvalue weighted by atomic mass is 16.2. The maximum Gasteiger partial charge on any atom is 0.255 e. The molecule has 5 heteroatoms. The van der Waals surface area contributed by atoms with Crippen LogP contribution in [0.15, 0.2) is 54.7 Å². The minimum Gasteiger partial charge on any atom is -0.338 e. The highest BCUT2D eigenvalue weighted by Gasteiger charge is 2.29. The molecule has 2 aromatic carbocycles. The van der Waals surface area contributed by atoms with E-state index in [0.29, 0.717) is 24.2 Å². The van der Waals surface area contributed by atoms with Crippen LogP contribution in [-0.2, 0) is 0 Å². The standard InChI is InChI=1S/C23H22N4O/c1-16-8-10-17(11-9-16)21-14-25-26-22(21)19-6-4-12-27(15-19)23(28)20-7-3-2-5-18(20)13-24/h2-3,5,7-11,14,19H,4,6,12,15H2,1H3,(H,25,26)/t19-/m1/s1. The summed E-state index contributed by atoms with van der Waals surface area (Å²) in [6.45, 7) is 3.41. The van der Waals surface area contributed by atoms with Gasteiger partial charge in [-0.3, -0.25) is 9.89 Å². The minimum absolute atomic E-state index is 0.0711. The molecule has 0 spiro atoms. The van der Waals surface area contributed by atoms with Crippen LogP contribution in [0.25, 0.3) is 11.1 Å². The number of nitriles is 1. The van der Waals surface area contributed by atoms with E-state index in [1.165, 1.54) is 5.56 Å². The zero-order valence-electron chi connectivity index (χ0n) is 15.9. The normalized spacial score (nSPS) is 16.6. The summed E-state index contributed by atoms with van der Waals surface area (Å²) in [5.74, 6) is 0.129. The Morgan fingerprint density at radius 1 is 1.21 bits per heavy atom. The Bertz CT molecular complexity index is 1030. The third-order valence-electron chi connectivity index (χ3n) is 5.43. The van der Waals surface area contributed by atoms with Gasteiger partial charge < -0.3 is 4.90 Å². The lowest BCUT2D eigenvalue weighted by Crippen LogP contribution is -2.39. The number of aromatic nitrogens is 2. The van der Waals surface area contributed by atoms with Crippen LogP contribution in [0.4, 0.5) is 0 Å². The van der Waals surface area contributed by atoms with Crippen molar-refractivity contribution in [3.63, 3.8) is 0 Å². The number of hydrogen-bond donors (Lipinski definition) is 1. The van der Waals surface area contributed by atoms with E-state index in [0.717, 1.165) is 29.7 Å². The number of nitrogens with one attached hydrogen (secondary N) is 1. The lowest BCUT2D eigenvalue weighted by atomic mass is 9.90. The molecule has 4 rings (SSSR count). The van der Waals surface area contributed by atoms with Gasteiger partial charge in [0.2, 0.25) is 0 Å². The summed E-state index contributed by atoms with van der Waals surface area (Å²) < 4.78 is 0. The quantitative estimate of drug-likeness (QED) is 0.748. The zero-order chi connectivity index (χ0) is 19.5. The predicted octanol–water partition coefficient (Wildman–Crippen LogP) is 4.28. The Kier molecular flexibility index (Phi) is 4.94. The monoisotopic (exact) mass is 370 g/mol. The lowest BCUT2D eigenvalue weighted by molar-refractivity contribution is 0.0705. The smallest absolute Gasteiger partial charge is 0.255 e.